The molecule has 0 aliphatic carbocycles. The van der Waals surface area contributed by atoms with E-state index in [1.54, 1.807) is 7.11 Å². The van der Waals surface area contributed by atoms with Crippen molar-refractivity contribution in [1.29, 1.82) is 0 Å². The number of rotatable bonds is 8. The van der Waals surface area contributed by atoms with Crippen LogP contribution in [0.3, 0.4) is 0 Å². The van der Waals surface area contributed by atoms with Gasteiger partial charge in [0.1, 0.15) is 5.75 Å². The van der Waals surface area contributed by atoms with Gasteiger partial charge in [-0.25, -0.2) is 0 Å². The number of hydrogen-bond donors (Lipinski definition) is 1. The fourth-order valence-electron chi connectivity index (χ4n) is 4.34. The molecule has 0 saturated carbocycles. The van der Waals surface area contributed by atoms with E-state index in [9.17, 15) is 5.11 Å². The molecule has 5 aromatic carbocycles. The minimum atomic E-state index is 0.00197. The van der Waals surface area contributed by atoms with Gasteiger partial charge in [0.25, 0.3) is 0 Å². The molecule has 4 nitrogen and oxygen atoms in total. The lowest BCUT2D eigenvalue weighted by Gasteiger charge is -2.28. The summed E-state index contributed by atoms with van der Waals surface area (Å²) >= 11 is 0. The number of nitrogens with zero attached hydrogens (tertiary/aromatic N) is 2. The fourth-order valence-corrected chi connectivity index (χ4v) is 4.34. The van der Waals surface area contributed by atoms with Gasteiger partial charge in [-0.05, 0) is 78.4 Å². The first-order valence-electron chi connectivity index (χ1n) is 11.9. The maximum Gasteiger partial charge on any atom is 0.120 e. The summed E-state index contributed by atoms with van der Waals surface area (Å²) in [7, 11) is 1.69. The molecule has 0 bridgehead atoms. The Morgan fingerprint density at radius 1 is 0.500 bits per heavy atom. The van der Waals surface area contributed by atoms with Crippen LogP contribution in [0.5, 0.6) is 5.75 Å². The first-order chi connectivity index (χ1) is 17.8. The third kappa shape index (κ3) is 4.95. The number of benzene rings is 5. The third-order valence-electron chi connectivity index (χ3n) is 6.06. The van der Waals surface area contributed by atoms with Crippen molar-refractivity contribution in [3.63, 3.8) is 0 Å². The lowest BCUT2D eigenvalue weighted by Crippen LogP contribution is -2.12. The number of aliphatic hydroxyl groups is 1. The molecular weight excluding hydrogens is 444 g/mol. The average Bonchev–Trinajstić information content (AvgIpc) is 2.96. The van der Waals surface area contributed by atoms with Gasteiger partial charge in [-0.1, -0.05) is 54.6 Å². The predicted molar refractivity (Wildman–Crippen MR) is 148 cm³/mol. The topological polar surface area (TPSA) is 35.9 Å². The zero-order chi connectivity index (χ0) is 24.7. The SMILES string of the molecule is COc1cccc(N(c2ccccc2)c2ccc(N(c3ccccc3)c3cccc(CO)c3)cc2)c1. The zero-order valence-electron chi connectivity index (χ0n) is 20.2. The quantitative estimate of drug-likeness (QED) is 0.247. The van der Waals surface area contributed by atoms with Crippen molar-refractivity contribution >= 4 is 34.1 Å². The summed E-state index contributed by atoms with van der Waals surface area (Å²) in [5.74, 6) is 0.809. The molecule has 0 spiro atoms. The summed E-state index contributed by atoms with van der Waals surface area (Å²) in [5.41, 5.74) is 7.06. The standard InChI is InChI=1S/C32H28N2O2/c1-36-32-17-9-16-31(23-32)34(27-13-6-3-7-14-27)29-20-18-28(19-21-29)33(26-11-4-2-5-12-26)30-15-8-10-25(22-30)24-35/h2-23,35H,24H2,1H3. The van der Waals surface area contributed by atoms with E-state index in [-0.39, 0.29) is 6.61 Å². The van der Waals surface area contributed by atoms with E-state index in [2.05, 4.69) is 70.5 Å². The third-order valence-corrected chi connectivity index (χ3v) is 6.06. The Hall–Kier alpha value is -4.54. The van der Waals surface area contributed by atoms with E-state index >= 15 is 0 Å². The van der Waals surface area contributed by atoms with Gasteiger partial charge >= 0.3 is 0 Å². The van der Waals surface area contributed by atoms with Crippen LogP contribution < -0.4 is 14.5 Å². The van der Waals surface area contributed by atoms with Crippen molar-refractivity contribution in [2.75, 3.05) is 16.9 Å². The summed E-state index contributed by atoms with van der Waals surface area (Å²) in [5, 5.41) is 9.70. The number of hydrogen-bond acceptors (Lipinski definition) is 4. The molecule has 0 heterocycles. The number of methoxy groups -OCH3 is 1. The molecule has 0 aliphatic heterocycles. The number of aliphatic hydroxyl groups excluding tert-OH is 1. The van der Waals surface area contributed by atoms with Crippen LogP contribution in [-0.2, 0) is 6.61 Å². The number of ether oxygens (including phenoxy) is 1. The molecule has 0 aromatic heterocycles. The molecule has 5 rings (SSSR count). The summed E-state index contributed by atoms with van der Waals surface area (Å²) < 4.78 is 5.49. The van der Waals surface area contributed by atoms with Crippen LogP contribution in [0.25, 0.3) is 0 Å². The van der Waals surface area contributed by atoms with Crippen LogP contribution in [0.4, 0.5) is 34.1 Å². The van der Waals surface area contributed by atoms with Crippen molar-refractivity contribution < 1.29 is 9.84 Å². The first-order valence-corrected chi connectivity index (χ1v) is 11.9. The monoisotopic (exact) mass is 472 g/mol. The highest BCUT2D eigenvalue weighted by atomic mass is 16.5. The molecule has 36 heavy (non-hydrogen) atoms. The van der Waals surface area contributed by atoms with Crippen molar-refractivity contribution in [3.8, 4) is 5.75 Å². The van der Waals surface area contributed by atoms with Gasteiger partial charge in [0, 0.05) is 40.2 Å². The second-order valence-corrected chi connectivity index (χ2v) is 8.39. The number of anilines is 6. The molecule has 178 valence electrons. The lowest BCUT2D eigenvalue weighted by atomic mass is 10.1. The van der Waals surface area contributed by atoms with E-state index < -0.39 is 0 Å². The van der Waals surface area contributed by atoms with Gasteiger partial charge < -0.3 is 19.6 Å². The minimum Gasteiger partial charge on any atom is -0.497 e. The molecule has 1 N–H and O–H groups in total. The normalized spacial score (nSPS) is 10.6. The van der Waals surface area contributed by atoms with Gasteiger partial charge in [-0.2, -0.15) is 0 Å². The van der Waals surface area contributed by atoms with Crippen LogP contribution in [-0.4, -0.2) is 12.2 Å². The molecule has 0 amide bonds. The van der Waals surface area contributed by atoms with Crippen molar-refractivity contribution in [1.82, 2.24) is 0 Å². The highest BCUT2D eigenvalue weighted by Crippen LogP contribution is 2.39. The van der Waals surface area contributed by atoms with Crippen LogP contribution in [0.1, 0.15) is 5.56 Å². The lowest BCUT2D eigenvalue weighted by molar-refractivity contribution is 0.282. The van der Waals surface area contributed by atoms with Crippen molar-refractivity contribution in [2.24, 2.45) is 0 Å². The summed E-state index contributed by atoms with van der Waals surface area (Å²) in [6, 6.07) is 45.2. The van der Waals surface area contributed by atoms with Crippen LogP contribution >= 0.6 is 0 Å². The predicted octanol–water partition coefficient (Wildman–Crippen LogP) is 8.13. The average molecular weight is 473 g/mol. The van der Waals surface area contributed by atoms with Gasteiger partial charge in [0.05, 0.1) is 13.7 Å². The Morgan fingerprint density at radius 2 is 0.944 bits per heavy atom. The second-order valence-electron chi connectivity index (χ2n) is 8.39. The van der Waals surface area contributed by atoms with Crippen LogP contribution in [0, 0.1) is 0 Å². The maximum absolute atomic E-state index is 9.70. The van der Waals surface area contributed by atoms with Gasteiger partial charge in [0.15, 0.2) is 0 Å². The maximum atomic E-state index is 9.70. The van der Waals surface area contributed by atoms with Crippen LogP contribution in [0.15, 0.2) is 133 Å². The van der Waals surface area contributed by atoms with E-state index in [0.29, 0.717) is 0 Å². The second kappa shape index (κ2) is 10.8. The van der Waals surface area contributed by atoms with E-state index in [1.807, 2.05) is 72.8 Å². The Balaban J connectivity index is 1.58. The molecule has 0 atom stereocenters. The highest BCUT2D eigenvalue weighted by Gasteiger charge is 2.16. The molecule has 0 aliphatic rings. The Labute approximate surface area is 212 Å². The summed E-state index contributed by atoms with van der Waals surface area (Å²) in [6.45, 7) is 0.00197. The zero-order valence-corrected chi connectivity index (χ0v) is 20.2. The van der Waals surface area contributed by atoms with Gasteiger partial charge in [-0.15, -0.1) is 0 Å². The highest BCUT2D eigenvalue weighted by molar-refractivity contribution is 5.81. The number of para-hydroxylation sites is 2. The van der Waals surface area contributed by atoms with E-state index in [0.717, 1.165) is 45.4 Å². The van der Waals surface area contributed by atoms with Crippen molar-refractivity contribution in [2.45, 2.75) is 6.61 Å². The van der Waals surface area contributed by atoms with Crippen molar-refractivity contribution in [3.05, 3.63) is 139 Å². The first kappa shape index (κ1) is 23.2. The molecular formula is C32H28N2O2. The fraction of sp³-hybridized carbons (Fsp3) is 0.0625. The van der Waals surface area contributed by atoms with E-state index in [1.165, 1.54) is 0 Å². The van der Waals surface area contributed by atoms with Crippen LogP contribution in [0.2, 0.25) is 0 Å². The minimum absolute atomic E-state index is 0.00197. The van der Waals surface area contributed by atoms with Gasteiger partial charge in [-0.3, -0.25) is 0 Å². The largest absolute Gasteiger partial charge is 0.497 e. The molecule has 0 unspecified atom stereocenters. The summed E-state index contributed by atoms with van der Waals surface area (Å²) in [6.07, 6.45) is 0. The molecule has 0 radical (unpaired) electrons. The molecule has 5 aromatic rings. The summed E-state index contributed by atoms with van der Waals surface area (Å²) in [4.78, 5) is 4.41. The Kier molecular flexibility index (Phi) is 6.97. The Bertz CT molecular complexity index is 1290. The Morgan fingerprint density at radius 3 is 1.44 bits per heavy atom. The van der Waals surface area contributed by atoms with E-state index in [4.69, 9.17) is 4.74 Å². The molecule has 4 heteroatoms. The smallest absolute Gasteiger partial charge is 0.120 e. The molecule has 0 fully saturated rings. The molecule has 0 saturated heterocycles. The van der Waals surface area contributed by atoms with Gasteiger partial charge in [0.2, 0.25) is 0 Å².